The number of benzene rings is 1. The average molecular weight is 379 g/mol. The van der Waals surface area contributed by atoms with Gasteiger partial charge in [-0.15, -0.1) is 0 Å². The van der Waals surface area contributed by atoms with E-state index in [4.69, 9.17) is 11.6 Å². The second kappa shape index (κ2) is 6.10. The molecule has 0 saturated carbocycles. The van der Waals surface area contributed by atoms with Crippen molar-refractivity contribution in [2.75, 3.05) is 5.32 Å². The van der Waals surface area contributed by atoms with Crippen molar-refractivity contribution in [2.45, 2.75) is 13.3 Å². The number of hydrogen-bond donors (Lipinski definition) is 1. The molecular formula is C16H13BrClN3O. The van der Waals surface area contributed by atoms with Crippen LogP contribution in [0.25, 0.3) is 5.65 Å². The molecule has 0 atom stereocenters. The Bertz CT molecular complexity index is 842. The van der Waals surface area contributed by atoms with E-state index in [0.717, 1.165) is 15.8 Å². The Hall–Kier alpha value is -1.85. The van der Waals surface area contributed by atoms with Crippen LogP contribution in [-0.4, -0.2) is 15.3 Å². The number of aryl methyl sites for hydroxylation is 1. The van der Waals surface area contributed by atoms with Gasteiger partial charge in [-0.2, -0.15) is 0 Å². The van der Waals surface area contributed by atoms with Crippen LogP contribution in [0.15, 0.2) is 47.1 Å². The summed E-state index contributed by atoms with van der Waals surface area (Å²) in [5.74, 6) is -0.190. The molecule has 0 aliphatic carbocycles. The molecule has 0 radical (unpaired) electrons. The van der Waals surface area contributed by atoms with Gasteiger partial charge in [0.2, 0.25) is 0 Å². The fraction of sp³-hybridized carbons (Fsp3) is 0.125. The number of rotatable bonds is 3. The fourth-order valence-corrected chi connectivity index (χ4v) is 2.74. The molecule has 1 N–H and O–H groups in total. The van der Waals surface area contributed by atoms with E-state index >= 15 is 0 Å². The van der Waals surface area contributed by atoms with Gasteiger partial charge in [0.05, 0.1) is 5.69 Å². The molecule has 1 aromatic carbocycles. The number of anilines is 1. The predicted molar refractivity (Wildman–Crippen MR) is 91.7 cm³/mol. The van der Waals surface area contributed by atoms with E-state index in [0.29, 0.717) is 22.8 Å². The zero-order valence-electron chi connectivity index (χ0n) is 11.8. The lowest BCUT2D eigenvalue weighted by atomic mass is 10.2. The van der Waals surface area contributed by atoms with Crippen LogP contribution in [0.2, 0.25) is 5.02 Å². The topological polar surface area (TPSA) is 46.4 Å². The zero-order valence-corrected chi connectivity index (χ0v) is 14.1. The Morgan fingerprint density at radius 2 is 2.00 bits per heavy atom. The van der Waals surface area contributed by atoms with Gasteiger partial charge in [0.1, 0.15) is 11.3 Å². The van der Waals surface area contributed by atoms with Crippen molar-refractivity contribution in [1.29, 1.82) is 0 Å². The molecule has 0 aliphatic rings. The molecule has 1 amide bonds. The maximum Gasteiger partial charge on any atom is 0.274 e. The van der Waals surface area contributed by atoms with E-state index in [2.05, 4.69) is 26.2 Å². The molecule has 2 aromatic heterocycles. The summed E-state index contributed by atoms with van der Waals surface area (Å²) in [4.78, 5) is 17.2. The summed E-state index contributed by atoms with van der Waals surface area (Å²) in [7, 11) is 0. The Morgan fingerprint density at radius 1 is 1.27 bits per heavy atom. The largest absolute Gasteiger partial charge is 0.321 e. The first-order valence-electron chi connectivity index (χ1n) is 6.82. The van der Waals surface area contributed by atoms with E-state index in [9.17, 15) is 4.79 Å². The molecule has 0 saturated heterocycles. The molecule has 3 aromatic rings. The van der Waals surface area contributed by atoms with Crippen LogP contribution < -0.4 is 5.32 Å². The van der Waals surface area contributed by atoms with Crippen LogP contribution in [-0.2, 0) is 6.42 Å². The quantitative estimate of drug-likeness (QED) is 0.726. The number of aromatic nitrogens is 2. The first kappa shape index (κ1) is 15.1. The van der Waals surface area contributed by atoms with Crippen molar-refractivity contribution in [3.8, 4) is 0 Å². The molecule has 0 fully saturated rings. The van der Waals surface area contributed by atoms with Crippen molar-refractivity contribution in [3.05, 3.63) is 63.5 Å². The number of amides is 1. The lowest BCUT2D eigenvalue weighted by Crippen LogP contribution is -2.16. The normalized spacial score (nSPS) is 10.9. The predicted octanol–water partition coefficient (Wildman–Crippen LogP) is 4.56. The molecule has 0 aliphatic heterocycles. The highest BCUT2D eigenvalue weighted by atomic mass is 79.9. The molecule has 2 heterocycles. The third-order valence-electron chi connectivity index (χ3n) is 3.31. The van der Waals surface area contributed by atoms with E-state index in [-0.39, 0.29) is 5.91 Å². The summed E-state index contributed by atoms with van der Waals surface area (Å²) in [5.41, 5.74) is 2.76. The SMILES string of the molecule is CCc1nc2ccc(Br)cn2c1C(=O)Nc1ccc(Cl)cc1. The highest BCUT2D eigenvalue weighted by molar-refractivity contribution is 9.10. The van der Waals surface area contributed by atoms with Crippen molar-refractivity contribution >= 4 is 44.8 Å². The van der Waals surface area contributed by atoms with E-state index < -0.39 is 0 Å². The molecule has 3 rings (SSSR count). The number of halogens is 2. The third-order valence-corrected chi connectivity index (χ3v) is 4.03. The number of fused-ring (bicyclic) bond motifs is 1. The molecule has 0 spiro atoms. The van der Waals surface area contributed by atoms with Crippen molar-refractivity contribution < 1.29 is 4.79 Å². The van der Waals surface area contributed by atoms with E-state index in [1.807, 2.05) is 25.3 Å². The van der Waals surface area contributed by atoms with Crippen LogP contribution in [0, 0.1) is 0 Å². The monoisotopic (exact) mass is 377 g/mol. The summed E-state index contributed by atoms with van der Waals surface area (Å²) in [6.45, 7) is 1.98. The fourth-order valence-electron chi connectivity index (χ4n) is 2.28. The molecule has 6 heteroatoms. The van der Waals surface area contributed by atoms with Gasteiger partial charge in [-0.25, -0.2) is 4.98 Å². The number of imidazole rings is 1. The van der Waals surface area contributed by atoms with E-state index in [1.165, 1.54) is 0 Å². The number of carbonyl (C=O) groups is 1. The minimum absolute atomic E-state index is 0.190. The van der Waals surface area contributed by atoms with Crippen LogP contribution in [0.4, 0.5) is 5.69 Å². The van der Waals surface area contributed by atoms with Crippen molar-refractivity contribution in [2.24, 2.45) is 0 Å². The van der Waals surface area contributed by atoms with Crippen LogP contribution >= 0.6 is 27.5 Å². The maximum absolute atomic E-state index is 12.6. The van der Waals surface area contributed by atoms with Gasteiger partial charge in [-0.05, 0) is 58.7 Å². The summed E-state index contributed by atoms with van der Waals surface area (Å²) >= 11 is 9.29. The second-order valence-electron chi connectivity index (χ2n) is 4.80. The van der Waals surface area contributed by atoms with Crippen LogP contribution in [0.3, 0.4) is 0 Å². The number of nitrogens with one attached hydrogen (secondary N) is 1. The lowest BCUT2D eigenvalue weighted by Gasteiger charge is -2.07. The third kappa shape index (κ3) is 2.87. The minimum atomic E-state index is -0.190. The second-order valence-corrected chi connectivity index (χ2v) is 6.15. The Morgan fingerprint density at radius 3 is 2.68 bits per heavy atom. The Balaban J connectivity index is 2.02. The Kier molecular flexibility index (Phi) is 4.18. The highest BCUT2D eigenvalue weighted by Crippen LogP contribution is 2.20. The molecule has 22 heavy (non-hydrogen) atoms. The molecule has 4 nitrogen and oxygen atoms in total. The summed E-state index contributed by atoms with van der Waals surface area (Å²) < 4.78 is 2.69. The molecule has 0 bridgehead atoms. The first-order valence-corrected chi connectivity index (χ1v) is 7.99. The zero-order chi connectivity index (χ0) is 15.7. The smallest absolute Gasteiger partial charge is 0.274 e. The van der Waals surface area contributed by atoms with Gasteiger partial charge in [-0.1, -0.05) is 18.5 Å². The van der Waals surface area contributed by atoms with E-state index in [1.54, 1.807) is 28.7 Å². The van der Waals surface area contributed by atoms with Gasteiger partial charge in [0.25, 0.3) is 5.91 Å². The van der Waals surface area contributed by atoms with Gasteiger partial charge in [-0.3, -0.25) is 9.20 Å². The minimum Gasteiger partial charge on any atom is -0.321 e. The Labute approximate surface area is 141 Å². The first-order chi connectivity index (χ1) is 10.6. The standard InChI is InChI=1S/C16H13BrClN3O/c1-2-13-15(21-9-10(17)3-8-14(21)20-13)16(22)19-12-6-4-11(18)5-7-12/h3-9H,2H2,1H3,(H,19,22). The number of hydrogen-bond acceptors (Lipinski definition) is 2. The summed E-state index contributed by atoms with van der Waals surface area (Å²) in [5, 5.41) is 3.51. The summed E-state index contributed by atoms with van der Waals surface area (Å²) in [6, 6.07) is 10.8. The molecular weight excluding hydrogens is 366 g/mol. The summed E-state index contributed by atoms with van der Waals surface area (Å²) in [6.07, 6.45) is 2.53. The van der Waals surface area contributed by atoms with Crippen LogP contribution in [0.1, 0.15) is 23.1 Å². The van der Waals surface area contributed by atoms with Crippen molar-refractivity contribution in [1.82, 2.24) is 9.38 Å². The van der Waals surface area contributed by atoms with Gasteiger partial charge in [0.15, 0.2) is 0 Å². The van der Waals surface area contributed by atoms with Gasteiger partial charge >= 0.3 is 0 Å². The molecule has 112 valence electrons. The number of nitrogens with zero attached hydrogens (tertiary/aromatic N) is 2. The molecule has 0 unspecified atom stereocenters. The number of carbonyl (C=O) groups excluding carboxylic acids is 1. The van der Waals surface area contributed by atoms with Crippen LogP contribution in [0.5, 0.6) is 0 Å². The lowest BCUT2D eigenvalue weighted by molar-refractivity contribution is 0.102. The van der Waals surface area contributed by atoms with Gasteiger partial charge in [0, 0.05) is 21.4 Å². The average Bonchev–Trinajstić information content (AvgIpc) is 2.87. The highest BCUT2D eigenvalue weighted by Gasteiger charge is 2.18. The number of pyridine rings is 1. The van der Waals surface area contributed by atoms with Gasteiger partial charge < -0.3 is 5.32 Å². The maximum atomic E-state index is 12.6. The van der Waals surface area contributed by atoms with Crippen molar-refractivity contribution in [3.63, 3.8) is 0 Å².